The molecular formula is C27H32N4O6S. The first-order valence-corrected chi connectivity index (χ1v) is 13.4. The fourth-order valence-corrected chi connectivity index (χ4v) is 5.53. The van der Waals surface area contributed by atoms with Crippen molar-refractivity contribution >= 4 is 29.4 Å². The molecule has 4 atom stereocenters. The summed E-state index contributed by atoms with van der Waals surface area (Å²) in [5, 5.41) is 17.2. The summed E-state index contributed by atoms with van der Waals surface area (Å²) >= 11 is 1.58. The third kappa shape index (κ3) is 5.94. The van der Waals surface area contributed by atoms with Crippen molar-refractivity contribution in [3.63, 3.8) is 0 Å². The van der Waals surface area contributed by atoms with Crippen LogP contribution >= 0.6 is 11.3 Å². The van der Waals surface area contributed by atoms with Gasteiger partial charge in [-0.2, -0.15) is 0 Å². The molecule has 2 aromatic heterocycles. The van der Waals surface area contributed by atoms with Crippen LogP contribution in [0.5, 0.6) is 5.88 Å². The number of nitrogens with one attached hydrogen (secondary N) is 1. The van der Waals surface area contributed by atoms with Gasteiger partial charge in [-0.05, 0) is 36.0 Å². The average Bonchev–Trinajstić information content (AvgIpc) is 3.62. The number of likely N-dealkylation sites (tertiary alicyclic amines) is 1. The van der Waals surface area contributed by atoms with Crippen LogP contribution in [0, 0.1) is 12.8 Å². The van der Waals surface area contributed by atoms with E-state index in [0.717, 1.165) is 21.7 Å². The zero-order valence-electron chi connectivity index (χ0n) is 21.8. The van der Waals surface area contributed by atoms with Gasteiger partial charge in [0.2, 0.25) is 11.8 Å². The summed E-state index contributed by atoms with van der Waals surface area (Å²) < 4.78 is 10.5. The Labute approximate surface area is 225 Å². The van der Waals surface area contributed by atoms with Crippen LogP contribution in [-0.2, 0) is 14.4 Å². The van der Waals surface area contributed by atoms with E-state index in [1.807, 2.05) is 57.5 Å². The maximum absolute atomic E-state index is 13.7. The van der Waals surface area contributed by atoms with Gasteiger partial charge < -0.3 is 24.6 Å². The van der Waals surface area contributed by atoms with Gasteiger partial charge in [-0.15, -0.1) is 11.3 Å². The SMILES string of the molecule is Cc1ncsc1-c1ccc([C@H](C)NC(=O)[C@@H]2CC(O)CN2C(=O)[C@@H](c2cc(OCC=O)no2)C(C)C)cc1. The summed E-state index contributed by atoms with van der Waals surface area (Å²) in [5.74, 6) is -1.22. The summed E-state index contributed by atoms with van der Waals surface area (Å²) in [7, 11) is 0. The van der Waals surface area contributed by atoms with Crippen LogP contribution in [0.4, 0.5) is 0 Å². The number of β-amino-alcohol motifs (C(OH)–C–C–N with tert-alkyl or cyclic N) is 1. The molecule has 11 heteroatoms. The minimum absolute atomic E-state index is 0.0417. The average molecular weight is 541 g/mol. The maximum Gasteiger partial charge on any atom is 0.254 e. The van der Waals surface area contributed by atoms with E-state index in [2.05, 4.69) is 15.5 Å². The van der Waals surface area contributed by atoms with Gasteiger partial charge in [0.1, 0.15) is 18.6 Å². The Balaban J connectivity index is 1.46. The van der Waals surface area contributed by atoms with Gasteiger partial charge in [-0.3, -0.25) is 14.4 Å². The van der Waals surface area contributed by atoms with Crippen molar-refractivity contribution in [1.29, 1.82) is 0 Å². The number of aliphatic hydroxyl groups is 1. The molecule has 1 saturated heterocycles. The summed E-state index contributed by atoms with van der Waals surface area (Å²) in [5.41, 5.74) is 4.78. The van der Waals surface area contributed by atoms with Crippen molar-refractivity contribution in [3.8, 4) is 16.3 Å². The molecule has 4 rings (SSSR count). The molecule has 2 N–H and O–H groups in total. The molecule has 0 spiro atoms. The number of amides is 2. The molecular weight excluding hydrogens is 508 g/mol. The van der Waals surface area contributed by atoms with Crippen molar-refractivity contribution in [3.05, 3.63) is 52.9 Å². The third-order valence-corrected chi connectivity index (χ3v) is 7.66. The van der Waals surface area contributed by atoms with Crippen LogP contribution in [0.25, 0.3) is 10.4 Å². The van der Waals surface area contributed by atoms with Crippen molar-refractivity contribution < 1.29 is 28.8 Å². The van der Waals surface area contributed by atoms with Crippen molar-refractivity contribution in [2.75, 3.05) is 13.2 Å². The Morgan fingerprint density at radius 3 is 2.66 bits per heavy atom. The molecule has 1 fully saturated rings. The van der Waals surface area contributed by atoms with Crippen molar-refractivity contribution in [1.82, 2.24) is 20.4 Å². The number of nitrogens with zero attached hydrogens (tertiary/aromatic N) is 3. The second kappa shape index (κ2) is 11.9. The van der Waals surface area contributed by atoms with E-state index in [9.17, 15) is 19.5 Å². The molecule has 3 aromatic rings. The maximum atomic E-state index is 13.7. The molecule has 38 heavy (non-hydrogen) atoms. The van der Waals surface area contributed by atoms with E-state index in [1.54, 1.807) is 11.3 Å². The highest BCUT2D eigenvalue weighted by molar-refractivity contribution is 7.13. The Morgan fingerprint density at radius 2 is 2.03 bits per heavy atom. The molecule has 202 valence electrons. The second-order valence-corrected chi connectivity index (χ2v) is 10.6. The number of benzene rings is 1. The Hall–Kier alpha value is -3.57. The number of aromatic nitrogens is 2. The number of thiazole rings is 1. The van der Waals surface area contributed by atoms with Gasteiger partial charge in [0.05, 0.1) is 28.2 Å². The standard InChI is InChI=1S/C27H32N4O6S/c1-15(2)24(22-12-23(30-37-22)36-10-9-32)27(35)31-13-20(33)11-21(31)26(34)29-16(3)18-5-7-19(8-6-18)25-17(4)28-14-38-25/h5-9,12,14-16,20-21,24,33H,10-11,13H2,1-4H3,(H,29,34)/t16-,20?,21-,24+/m0/s1. The number of hydrogen-bond donors (Lipinski definition) is 2. The van der Waals surface area contributed by atoms with E-state index in [0.29, 0.717) is 6.29 Å². The molecule has 0 aliphatic carbocycles. The number of aryl methyl sites for hydroxylation is 1. The Bertz CT molecular complexity index is 1270. The molecule has 0 radical (unpaired) electrons. The molecule has 1 aliphatic heterocycles. The molecule has 3 heterocycles. The minimum Gasteiger partial charge on any atom is -0.468 e. The molecule has 0 bridgehead atoms. The van der Waals surface area contributed by atoms with Gasteiger partial charge in [-0.25, -0.2) is 4.98 Å². The predicted octanol–water partition coefficient (Wildman–Crippen LogP) is 3.26. The number of carbonyl (C=O) groups is 3. The summed E-state index contributed by atoms with van der Waals surface area (Å²) in [6.45, 7) is 7.43. The Morgan fingerprint density at radius 1 is 1.29 bits per heavy atom. The molecule has 1 aliphatic rings. The van der Waals surface area contributed by atoms with Gasteiger partial charge in [-0.1, -0.05) is 38.1 Å². The number of hydrogen-bond acceptors (Lipinski definition) is 9. The fraction of sp³-hybridized carbons (Fsp3) is 0.444. The van der Waals surface area contributed by atoms with Crippen molar-refractivity contribution in [2.45, 2.75) is 58.2 Å². The normalized spacial score (nSPS) is 18.8. The zero-order valence-corrected chi connectivity index (χ0v) is 22.6. The molecule has 2 amide bonds. The molecule has 10 nitrogen and oxygen atoms in total. The lowest BCUT2D eigenvalue weighted by Crippen LogP contribution is -2.48. The lowest BCUT2D eigenvalue weighted by molar-refractivity contribution is -0.141. The van der Waals surface area contributed by atoms with E-state index < -0.39 is 18.1 Å². The van der Waals surface area contributed by atoms with Gasteiger partial charge in [0.15, 0.2) is 12.0 Å². The van der Waals surface area contributed by atoms with Crippen LogP contribution in [0.1, 0.15) is 56.2 Å². The summed E-state index contributed by atoms with van der Waals surface area (Å²) in [6.07, 6.45) is -0.0878. The highest BCUT2D eigenvalue weighted by Crippen LogP contribution is 2.33. The highest BCUT2D eigenvalue weighted by Gasteiger charge is 2.43. The first kappa shape index (κ1) is 27.5. The zero-order chi connectivity index (χ0) is 27.4. The van der Waals surface area contributed by atoms with Crippen LogP contribution in [0.3, 0.4) is 0 Å². The lowest BCUT2D eigenvalue weighted by Gasteiger charge is -2.29. The topological polar surface area (TPSA) is 135 Å². The van der Waals surface area contributed by atoms with Gasteiger partial charge in [0.25, 0.3) is 5.88 Å². The van der Waals surface area contributed by atoms with E-state index in [4.69, 9.17) is 9.26 Å². The van der Waals surface area contributed by atoms with E-state index in [-0.39, 0.29) is 55.0 Å². The number of rotatable bonds is 10. The monoisotopic (exact) mass is 540 g/mol. The first-order valence-electron chi connectivity index (χ1n) is 12.5. The van der Waals surface area contributed by atoms with Crippen LogP contribution < -0.4 is 10.1 Å². The van der Waals surface area contributed by atoms with Crippen LogP contribution in [-0.4, -0.2) is 63.5 Å². The fourth-order valence-electron chi connectivity index (χ4n) is 4.72. The van der Waals surface area contributed by atoms with Crippen LogP contribution in [0.15, 0.2) is 40.4 Å². The smallest absolute Gasteiger partial charge is 0.254 e. The lowest BCUT2D eigenvalue weighted by atomic mass is 9.91. The summed E-state index contributed by atoms with van der Waals surface area (Å²) in [4.78, 5) is 44.4. The first-order chi connectivity index (χ1) is 18.2. The summed E-state index contributed by atoms with van der Waals surface area (Å²) in [6, 6.07) is 8.29. The number of ether oxygens (including phenoxy) is 1. The Kier molecular flexibility index (Phi) is 8.58. The quantitative estimate of drug-likeness (QED) is 0.374. The van der Waals surface area contributed by atoms with Crippen molar-refractivity contribution in [2.24, 2.45) is 5.92 Å². The molecule has 0 saturated carbocycles. The van der Waals surface area contributed by atoms with E-state index >= 15 is 0 Å². The van der Waals surface area contributed by atoms with Crippen LogP contribution in [0.2, 0.25) is 0 Å². The number of aliphatic hydroxyl groups excluding tert-OH is 1. The number of aldehydes is 1. The third-order valence-electron chi connectivity index (χ3n) is 6.69. The van der Waals surface area contributed by atoms with E-state index in [1.165, 1.54) is 11.0 Å². The molecule has 1 unspecified atom stereocenters. The second-order valence-electron chi connectivity index (χ2n) is 9.78. The van der Waals surface area contributed by atoms with Gasteiger partial charge in [0, 0.05) is 19.0 Å². The van der Waals surface area contributed by atoms with Gasteiger partial charge >= 0.3 is 0 Å². The highest BCUT2D eigenvalue weighted by atomic mass is 32.1. The largest absolute Gasteiger partial charge is 0.468 e. The predicted molar refractivity (Wildman–Crippen MR) is 141 cm³/mol. The number of carbonyl (C=O) groups excluding carboxylic acids is 3. The molecule has 1 aromatic carbocycles. The minimum atomic E-state index is -0.825.